The molecule has 0 saturated carbocycles. The zero-order chi connectivity index (χ0) is 12.5. The molecule has 0 radical (unpaired) electrons. The summed E-state index contributed by atoms with van der Waals surface area (Å²) in [6.45, 7) is 2.78. The number of amides is 1. The highest BCUT2D eigenvalue weighted by molar-refractivity contribution is 5.84. The molecule has 0 spiro atoms. The Morgan fingerprint density at radius 3 is 3.06 bits per heavy atom. The molecule has 0 aromatic carbocycles. The first-order valence-corrected chi connectivity index (χ1v) is 6.21. The Bertz CT molecular complexity index is 330. The summed E-state index contributed by atoms with van der Waals surface area (Å²) in [4.78, 5) is 24.6. The summed E-state index contributed by atoms with van der Waals surface area (Å²) in [6.07, 6.45) is 2.34. The number of carbonyl (C=O) groups is 2. The number of hydrogen-bond acceptors (Lipinski definition) is 3. The Labute approximate surface area is 101 Å². The van der Waals surface area contributed by atoms with Crippen LogP contribution >= 0.6 is 0 Å². The Morgan fingerprint density at radius 2 is 2.41 bits per heavy atom. The number of hydrogen-bond donors (Lipinski definition) is 1. The molecule has 5 nitrogen and oxygen atoms in total. The predicted molar refractivity (Wildman–Crippen MR) is 61.0 cm³/mol. The van der Waals surface area contributed by atoms with Gasteiger partial charge < -0.3 is 9.84 Å². The van der Waals surface area contributed by atoms with Gasteiger partial charge in [0.05, 0.1) is 24.8 Å². The summed E-state index contributed by atoms with van der Waals surface area (Å²) in [5.74, 6) is 0.173. The van der Waals surface area contributed by atoms with Crippen LogP contribution < -0.4 is 0 Å². The van der Waals surface area contributed by atoms with Crippen molar-refractivity contribution in [2.24, 2.45) is 0 Å². The number of carboxylic acid groups (broad SMARTS) is 1. The number of ether oxygens (including phenoxy) is 1. The molecular weight excluding hydrogens is 222 g/mol. The zero-order valence-electron chi connectivity index (χ0n) is 10.1. The van der Waals surface area contributed by atoms with Crippen molar-refractivity contribution >= 4 is 11.9 Å². The monoisotopic (exact) mass is 241 g/mol. The van der Waals surface area contributed by atoms with E-state index in [-0.39, 0.29) is 11.8 Å². The fourth-order valence-corrected chi connectivity index (χ4v) is 3.05. The van der Waals surface area contributed by atoms with Crippen LogP contribution in [0.1, 0.15) is 39.0 Å². The first-order valence-electron chi connectivity index (χ1n) is 6.21. The molecule has 5 heteroatoms. The second-order valence-corrected chi connectivity index (χ2v) is 5.07. The summed E-state index contributed by atoms with van der Waals surface area (Å²) < 4.78 is 5.51. The van der Waals surface area contributed by atoms with Crippen LogP contribution in [0.15, 0.2) is 0 Å². The van der Waals surface area contributed by atoms with Gasteiger partial charge in [-0.2, -0.15) is 0 Å². The molecule has 0 aromatic rings. The minimum absolute atomic E-state index is 0.173. The van der Waals surface area contributed by atoms with E-state index in [0.717, 1.165) is 19.3 Å². The Hall–Kier alpha value is -1.10. The number of carbonyl (C=O) groups excluding carboxylic acids is 1. The topological polar surface area (TPSA) is 66.8 Å². The lowest BCUT2D eigenvalue weighted by molar-refractivity contribution is -0.148. The quantitative estimate of drug-likeness (QED) is 0.816. The van der Waals surface area contributed by atoms with E-state index in [4.69, 9.17) is 4.74 Å². The molecule has 2 unspecified atom stereocenters. The highest BCUT2D eigenvalue weighted by Gasteiger charge is 2.51. The van der Waals surface area contributed by atoms with Crippen LogP contribution in [0.25, 0.3) is 0 Å². The minimum Gasteiger partial charge on any atom is -0.465 e. The van der Waals surface area contributed by atoms with E-state index in [1.807, 2.05) is 0 Å². The van der Waals surface area contributed by atoms with Crippen molar-refractivity contribution < 1.29 is 19.4 Å². The van der Waals surface area contributed by atoms with Gasteiger partial charge in [0.2, 0.25) is 0 Å². The maximum absolute atomic E-state index is 11.7. The predicted octanol–water partition coefficient (Wildman–Crippen LogP) is 1.66. The molecule has 2 fully saturated rings. The largest absolute Gasteiger partial charge is 0.465 e. The standard InChI is InChI=1S/C12H19NO4/c1-2-3-4-12-6-10(14)5-9(7-17-8-12)13(12)11(15)16/h9H,2-8H2,1H3,(H,15,16). The van der Waals surface area contributed by atoms with E-state index < -0.39 is 11.6 Å². The molecule has 2 bridgehead atoms. The molecule has 96 valence electrons. The number of nitrogens with zero attached hydrogens (tertiary/aromatic N) is 1. The second kappa shape index (κ2) is 4.64. The van der Waals surface area contributed by atoms with Crippen LogP contribution in [-0.4, -0.2) is 46.7 Å². The van der Waals surface area contributed by atoms with Gasteiger partial charge in [-0.05, 0) is 6.42 Å². The number of ketones is 1. The van der Waals surface area contributed by atoms with Crippen LogP contribution in [0, 0.1) is 0 Å². The van der Waals surface area contributed by atoms with Crippen molar-refractivity contribution in [2.45, 2.75) is 50.6 Å². The van der Waals surface area contributed by atoms with E-state index in [2.05, 4.69) is 6.92 Å². The number of unbranched alkanes of at least 4 members (excludes halogenated alkanes) is 1. The Balaban J connectivity index is 2.26. The van der Waals surface area contributed by atoms with E-state index in [1.54, 1.807) is 0 Å². The van der Waals surface area contributed by atoms with E-state index >= 15 is 0 Å². The number of piperidine rings is 1. The SMILES string of the molecule is CCCCC12COCC(CC(=O)C1)N2C(=O)O. The average Bonchev–Trinajstić information content (AvgIpc) is 2.24. The smallest absolute Gasteiger partial charge is 0.408 e. The van der Waals surface area contributed by atoms with Crippen molar-refractivity contribution in [3.8, 4) is 0 Å². The van der Waals surface area contributed by atoms with Crippen LogP contribution in [0.3, 0.4) is 0 Å². The highest BCUT2D eigenvalue weighted by Crippen LogP contribution is 2.38. The van der Waals surface area contributed by atoms with Crippen molar-refractivity contribution in [3.05, 3.63) is 0 Å². The van der Waals surface area contributed by atoms with Crippen LogP contribution in [0.4, 0.5) is 4.79 Å². The molecular formula is C12H19NO4. The van der Waals surface area contributed by atoms with E-state index in [9.17, 15) is 14.7 Å². The maximum Gasteiger partial charge on any atom is 0.408 e. The maximum atomic E-state index is 11.7. The number of morpholine rings is 1. The summed E-state index contributed by atoms with van der Waals surface area (Å²) in [6, 6.07) is -0.278. The molecule has 2 saturated heterocycles. The van der Waals surface area contributed by atoms with Gasteiger partial charge in [0, 0.05) is 12.8 Å². The zero-order valence-corrected chi connectivity index (χ0v) is 10.1. The molecule has 2 heterocycles. The molecule has 1 N–H and O–H groups in total. The van der Waals surface area contributed by atoms with Crippen molar-refractivity contribution in [1.82, 2.24) is 4.90 Å². The van der Waals surface area contributed by atoms with Crippen molar-refractivity contribution in [1.29, 1.82) is 0 Å². The molecule has 0 aromatic heterocycles. The summed E-state index contributed by atoms with van der Waals surface area (Å²) >= 11 is 0. The van der Waals surface area contributed by atoms with Gasteiger partial charge in [0.15, 0.2) is 0 Å². The van der Waals surface area contributed by atoms with Gasteiger partial charge in [0.25, 0.3) is 0 Å². The van der Waals surface area contributed by atoms with Crippen molar-refractivity contribution in [3.63, 3.8) is 0 Å². The van der Waals surface area contributed by atoms with E-state index in [1.165, 1.54) is 4.90 Å². The van der Waals surface area contributed by atoms with Gasteiger partial charge in [-0.1, -0.05) is 19.8 Å². The lowest BCUT2D eigenvalue weighted by atomic mass is 9.78. The molecule has 2 aliphatic rings. The number of fused-ring (bicyclic) bond motifs is 2. The number of rotatable bonds is 3. The van der Waals surface area contributed by atoms with E-state index in [0.29, 0.717) is 26.1 Å². The molecule has 2 aliphatic heterocycles. The third-order valence-electron chi connectivity index (χ3n) is 3.75. The minimum atomic E-state index is -0.915. The normalized spacial score (nSPS) is 32.6. The first kappa shape index (κ1) is 12.4. The fourth-order valence-electron chi connectivity index (χ4n) is 3.05. The lowest BCUT2D eigenvalue weighted by Gasteiger charge is -2.52. The van der Waals surface area contributed by atoms with Gasteiger partial charge in [-0.3, -0.25) is 9.69 Å². The van der Waals surface area contributed by atoms with Crippen molar-refractivity contribution in [2.75, 3.05) is 13.2 Å². The van der Waals surface area contributed by atoms with Gasteiger partial charge in [-0.25, -0.2) is 4.79 Å². The second-order valence-electron chi connectivity index (χ2n) is 5.07. The molecule has 17 heavy (non-hydrogen) atoms. The molecule has 1 amide bonds. The number of Topliss-reactive ketones (excluding diaryl/α,β-unsaturated/α-hetero) is 1. The van der Waals surface area contributed by atoms with Gasteiger partial charge in [0.1, 0.15) is 5.78 Å². The van der Waals surface area contributed by atoms with Crippen LogP contribution in [0.2, 0.25) is 0 Å². The third kappa shape index (κ3) is 2.16. The van der Waals surface area contributed by atoms with Gasteiger partial charge >= 0.3 is 6.09 Å². The lowest BCUT2D eigenvalue weighted by Crippen LogP contribution is -2.67. The highest BCUT2D eigenvalue weighted by atomic mass is 16.5. The fraction of sp³-hybridized carbons (Fsp3) is 0.833. The first-order chi connectivity index (χ1) is 8.09. The Kier molecular flexibility index (Phi) is 3.38. The summed E-state index contributed by atoms with van der Waals surface area (Å²) in [5, 5.41) is 9.35. The molecule has 0 aliphatic carbocycles. The molecule has 2 atom stereocenters. The van der Waals surface area contributed by atoms with Gasteiger partial charge in [-0.15, -0.1) is 0 Å². The Morgan fingerprint density at radius 1 is 1.65 bits per heavy atom. The van der Waals surface area contributed by atoms with Crippen LogP contribution in [0.5, 0.6) is 0 Å². The summed E-state index contributed by atoms with van der Waals surface area (Å²) in [7, 11) is 0. The third-order valence-corrected chi connectivity index (χ3v) is 3.75. The molecule has 2 rings (SSSR count). The van der Waals surface area contributed by atoms with Crippen LogP contribution in [-0.2, 0) is 9.53 Å². The summed E-state index contributed by atoms with van der Waals surface area (Å²) in [5.41, 5.74) is -0.597. The average molecular weight is 241 g/mol.